The fourth-order valence-corrected chi connectivity index (χ4v) is 2.20. The van der Waals surface area contributed by atoms with Crippen LogP contribution >= 0.6 is 11.5 Å². The van der Waals surface area contributed by atoms with Gasteiger partial charge < -0.3 is 10.4 Å². The van der Waals surface area contributed by atoms with Crippen molar-refractivity contribution in [2.75, 3.05) is 5.32 Å². The summed E-state index contributed by atoms with van der Waals surface area (Å²) >= 11 is 1.35. The van der Waals surface area contributed by atoms with E-state index in [1.165, 1.54) is 11.5 Å². The molecule has 0 radical (unpaired) electrons. The van der Waals surface area contributed by atoms with Gasteiger partial charge in [0, 0.05) is 24.5 Å². The van der Waals surface area contributed by atoms with Crippen molar-refractivity contribution < 1.29 is 9.90 Å². The number of rotatable bonds is 6. The highest BCUT2D eigenvalue weighted by Gasteiger charge is 2.04. The molecule has 0 aliphatic heterocycles. The summed E-state index contributed by atoms with van der Waals surface area (Å²) in [6.45, 7) is 2.71. The highest BCUT2D eigenvalue weighted by atomic mass is 32.1. The molecular formula is C13H15N3O2S. The first kappa shape index (κ1) is 13.5. The normalized spacial score (nSPS) is 10.4. The van der Waals surface area contributed by atoms with E-state index < -0.39 is 5.97 Å². The molecule has 0 saturated carbocycles. The number of benzene rings is 1. The minimum Gasteiger partial charge on any atom is -0.478 e. The summed E-state index contributed by atoms with van der Waals surface area (Å²) in [6, 6.07) is 6.79. The lowest BCUT2D eigenvalue weighted by molar-refractivity contribution is 0.0697. The average Bonchev–Trinajstić information content (AvgIpc) is 2.85. The predicted octanol–water partition coefficient (Wildman–Crippen LogP) is 2.80. The summed E-state index contributed by atoms with van der Waals surface area (Å²) in [5, 5.41) is 12.8. The lowest BCUT2D eigenvalue weighted by atomic mass is 10.1. The topological polar surface area (TPSA) is 75.1 Å². The number of hydrogen-bond acceptors (Lipinski definition) is 5. The third-order valence-electron chi connectivity index (χ3n) is 2.59. The summed E-state index contributed by atoms with van der Waals surface area (Å²) in [6.07, 6.45) is 1.93. The quantitative estimate of drug-likeness (QED) is 0.849. The van der Waals surface area contributed by atoms with Crippen LogP contribution in [0.5, 0.6) is 0 Å². The molecule has 0 amide bonds. The standard InChI is InChI=1S/C13H15N3O2S/c1-2-3-11-15-13(19-16-11)14-8-9-4-6-10(7-5-9)12(17)18/h4-7H,2-3,8H2,1H3,(H,17,18)(H,14,15,16). The lowest BCUT2D eigenvalue weighted by Crippen LogP contribution is -2.01. The molecule has 0 spiro atoms. The van der Waals surface area contributed by atoms with Gasteiger partial charge in [-0.05, 0) is 24.1 Å². The van der Waals surface area contributed by atoms with Crippen molar-refractivity contribution in [2.45, 2.75) is 26.3 Å². The van der Waals surface area contributed by atoms with Gasteiger partial charge in [0.05, 0.1) is 5.56 Å². The Balaban J connectivity index is 1.92. The summed E-state index contributed by atoms with van der Waals surface area (Å²) in [5.74, 6) is -0.0379. The molecule has 0 fully saturated rings. The average molecular weight is 277 g/mol. The lowest BCUT2D eigenvalue weighted by Gasteiger charge is -2.02. The largest absolute Gasteiger partial charge is 0.478 e. The van der Waals surface area contributed by atoms with E-state index in [2.05, 4.69) is 21.6 Å². The molecule has 100 valence electrons. The van der Waals surface area contributed by atoms with Crippen molar-refractivity contribution in [3.05, 3.63) is 41.2 Å². The van der Waals surface area contributed by atoms with Gasteiger partial charge in [0.15, 0.2) is 0 Å². The van der Waals surface area contributed by atoms with Gasteiger partial charge in [-0.15, -0.1) is 0 Å². The zero-order chi connectivity index (χ0) is 13.7. The van der Waals surface area contributed by atoms with Crippen molar-refractivity contribution in [1.29, 1.82) is 0 Å². The number of carboxylic acids is 1. The smallest absolute Gasteiger partial charge is 0.335 e. The second kappa shape index (κ2) is 6.29. The molecule has 1 heterocycles. The van der Waals surface area contributed by atoms with Crippen molar-refractivity contribution in [3.8, 4) is 0 Å². The number of anilines is 1. The van der Waals surface area contributed by atoms with Gasteiger partial charge in [0.25, 0.3) is 0 Å². The number of carbonyl (C=O) groups is 1. The Morgan fingerprint density at radius 1 is 1.37 bits per heavy atom. The Kier molecular flexibility index (Phi) is 4.46. The Labute approximate surface area is 115 Å². The zero-order valence-electron chi connectivity index (χ0n) is 10.6. The molecule has 0 bridgehead atoms. The van der Waals surface area contributed by atoms with Crippen LogP contribution in [0.1, 0.15) is 35.1 Å². The molecule has 19 heavy (non-hydrogen) atoms. The Bertz CT molecular complexity index is 551. The van der Waals surface area contributed by atoms with E-state index in [1.807, 2.05) is 0 Å². The SMILES string of the molecule is CCCc1nsc(NCc2ccc(C(=O)O)cc2)n1. The van der Waals surface area contributed by atoms with Gasteiger partial charge in [-0.3, -0.25) is 0 Å². The molecule has 5 nitrogen and oxygen atoms in total. The minimum absolute atomic E-state index is 0.296. The van der Waals surface area contributed by atoms with Crippen LogP contribution < -0.4 is 5.32 Å². The van der Waals surface area contributed by atoms with Crippen LogP contribution in [0.3, 0.4) is 0 Å². The molecule has 2 rings (SSSR count). The maximum Gasteiger partial charge on any atom is 0.335 e. The fourth-order valence-electron chi connectivity index (χ4n) is 1.59. The first-order valence-corrected chi connectivity index (χ1v) is 6.85. The van der Waals surface area contributed by atoms with Gasteiger partial charge in [0.2, 0.25) is 5.13 Å². The summed E-state index contributed by atoms with van der Waals surface area (Å²) in [4.78, 5) is 15.1. The van der Waals surface area contributed by atoms with E-state index in [1.54, 1.807) is 24.3 Å². The monoisotopic (exact) mass is 277 g/mol. The third-order valence-corrected chi connectivity index (χ3v) is 3.30. The number of nitrogens with zero attached hydrogens (tertiary/aromatic N) is 2. The van der Waals surface area contributed by atoms with Gasteiger partial charge in [-0.1, -0.05) is 19.1 Å². The summed E-state index contributed by atoms with van der Waals surface area (Å²) in [5.41, 5.74) is 1.31. The van der Waals surface area contributed by atoms with Crippen LogP contribution in [0.25, 0.3) is 0 Å². The van der Waals surface area contributed by atoms with Crippen LogP contribution in [0, 0.1) is 0 Å². The summed E-state index contributed by atoms with van der Waals surface area (Å²) in [7, 11) is 0. The molecule has 1 aromatic carbocycles. The van der Waals surface area contributed by atoms with E-state index in [0.717, 1.165) is 29.4 Å². The molecular weight excluding hydrogens is 262 g/mol. The van der Waals surface area contributed by atoms with Crippen LogP contribution in [0.4, 0.5) is 5.13 Å². The second-order valence-electron chi connectivity index (χ2n) is 4.12. The Morgan fingerprint density at radius 3 is 2.74 bits per heavy atom. The van der Waals surface area contributed by atoms with Crippen LogP contribution in [0.15, 0.2) is 24.3 Å². The number of aryl methyl sites for hydroxylation is 1. The van der Waals surface area contributed by atoms with Gasteiger partial charge in [-0.2, -0.15) is 4.37 Å². The first-order chi connectivity index (χ1) is 9.19. The number of hydrogen-bond donors (Lipinski definition) is 2. The molecule has 2 aromatic rings. The van der Waals surface area contributed by atoms with Crippen molar-refractivity contribution in [1.82, 2.24) is 9.36 Å². The van der Waals surface area contributed by atoms with Crippen molar-refractivity contribution in [2.24, 2.45) is 0 Å². The molecule has 6 heteroatoms. The van der Waals surface area contributed by atoms with E-state index in [0.29, 0.717) is 12.1 Å². The Morgan fingerprint density at radius 2 is 2.11 bits per heavy atom. The number of nitrogens with one attached hydrogen (secondary N) is 1. The molecule has 2 N–H and O–H groups in total. The van der Waals surface area contributed by atoms with E-state index in [4.69, 9.17) is 5.11 Å². The predicted molar refractivity (Wildman–Crippen MR) is 74.6 cm³/mol. The van der Waals surface area contributed by atoms with Crippen molar-refractivity contribution >= 4 is 22.6 Å². The van der Waals surface area contributed by atoms with Gasteiger partial charge in [0.1, 0.15) is 5.82 Å². The molecule has 0 unspecified atom stereocenters. The van der Waals surface area contributed by atoms with Crippen LogP contribution in [-0.4, -0.2) is 20.4 Å². The molecule has 0 atom stereocenters. The number of carboxylic acid groups (broad SMARTS) is 1. The molecule has 1 aromatic heterocycles. The van der Waals surface area contributed by atoms with Crippen LogP contribution in [-0.2, 0) is 13.0 Å². The van der Waals surface area contributed by atoms with E-state index in [9.17, 15) is 4.79 Å². The van der Waals surface area contributed by atoms with E-state index >= 15 is 0 Å². The van der Waals surface area contributed by atoms with Crippen molar-refractivity contribution in [3.63, 3.8) is 0 Å². The second-order valence-corrected chi connectivity index (χ2v) is 4.87. The number of aromatic carboxylic acids is 1. The fraction of sp³-hybridized carbons (Fsp3) is 0.308. The third kappa shape index (κ3) is 3.75. The highest BCUT2D eigenvalue weighted by molar-refractivity contribution is 7.09. The van der Waals surface area contributed by atoms with Gasteiger partial charge >= 0.3 is 5.97 Å². The minimum atomic E-state index is -0.909. The first-order valence-electron chi connectivity index (χ1n) is 6.07. The molecule has 0 saturated heterocycles. The Hall–Kier alpha value is -1.95. The number of aromatic nitrogens is 2. The molecule has 0 aliphatic rings. The van der Waals surface area contributed by atoms with Crippen LogP contribution in [0.2, 0.25) is 0 Å². The maximum atomic E-state index is 10.7. The highest BCUT2D eigenvalue weighted by Crippen LogP contribution is 2.14. The maximum absolute atomic E-state index is 10.7. The molecule has 0 aliphatic carbocycles. The summed E-state index contributed by atoms with van der Waals surface area (Å²) < 4.78 is 4.25. The zero-order valence-corrected chi connectivity index (χ0v) is 11.4. The van der Waals surface area contributed by atoms with E-state index in [-0.39, 0.29) is 0 Å². The van der Waals surface area contributed by atoms with Gasteiger partial charge in [-0.25, -0.2) is 9.78 Å².